The molecule has 1 heterocycles. The summed E-state index contributed by atoms with van der Waals surface area (Å²) >= 11 is 3.48. The Bertz CT molecular complexity index is 543. The second-order valence-electron chi connectivity index (χ2n) is 4.15. The van der Waals surface area contributed by atoms with Gasteiger partial charge in [0.1, 0.15) is 18.2 Å². The molecule has 19 heavy (non-hydrogen) atoms. The Balaban J connectivity index is 1.98. The minimum atomic E-state index is 0.404. The van der Waals surface area contributed by atoms with Crippen LogP contribution < -0.4 is 10.1 Å². The standard InChI is InChI=1S/C14H16BrN3O/c1-3-16-14-8-17-11(7-18-14)9-19-13-5-4-10(2)6-12(13)15/h4-8H,3,9H2,1-2H3,(H,16,18). The number of aryl methyl sites for hydroxylation is 1. The molecule has 4 nitrogen and oxygen atoms in total. The molecular weight excluding hydrogens is 306 g/mol. The third kappa shape index (κ3) is 3.92. The lowest BCUT2D eigenvalue weighted by atomic mass is 10.2. The monoisotopic (exact) mass is 321 g/mol. The van der Waals surface area contributed by atoms with E-state index in [-0.39, 0.29) is 0 Å². The third-order valence-electron chi connectivity index (χ3n) is 2.53. The normalized spacial score (nSPS) is 10.3. The summed E-state index contributed by atoms with van der Waals surface area (Å²) in [5.41, 5.74) is 1.99. The van der Waals surface area contributed by atoms with Crippen LogP contribution in [0.5, 0.6) is 5.75 Å². The molecule has 100 valence electrons. The van der Waals surface area contributed by atoms with Gasteiger partial charge in [-0.25, -0.2) is 4.98 Å². The van der Waals surface area contributed by atoms with Crippen LogP contribution in [0, 0.1) is 6.92 Å². The van der Waals surface area contributed by atoms with Gasteiger partial charge in [-0.2, -0.15) is 0 Å². The van der Waals surface area contributed by atoms with Gasteiger partial charge in [-0.1, -0.05) is 6.07 Å². The lowest BCUT2D eigenvalue weighted by molar-refractivity contribution is 0.299. The van der Waals surface area contributed by atoms with Crippen LogP contribution >= 0.6 is 15.9 Å². The van der Waals surface area contributed by atoms with Crippen LogP contribution in [-0.4, -0.2) is 16.5 Å². The molecule has 0 bridgehead atoms. The number of benzene rings is 1. The quantitative estimate of drug-likeness (QED) is 0.914. The molecule has 0 radical (unpaired) electrons. The summed E-state index contributed by atoms with van der Waals surface area (Å²) in [4.78, 5) is 8.55. The molecule has 1 aromatic carbocycles. The molecule has 0 aliphatic carbocycles. The fourth-order valence-corrected chi connectivity index (χ4v) is 2.18. The maximum atomic E-state index is 5.71. The van der Waals surface area contributed by atoms with Crippen molar-refractivity contribution < 1.29 is 4.74 Å². The van der Waals surface area contributed by atoms with Gasteiger partial charge in [-0.05, 0) is 47.5 Å². The number of anilines is 1. The number of aromatic nitrogens is 2. The van der Waals surface area contributed by atoms with E-state index in [0.29, 0.717) is 6.61 Å². The van der Waals surface area contributed by atoms with E-state index in [1.807, 2.05) is 32.0 Å². The van der Waals surface area contributed by atoms with Crippen molar-refractivity contribution in [1.82, 2.24) is 9.97 Å². The van der Waals surface area contributed by atoms with Crippen molar-refractivity contribution in [3.05, 3.63) is 46.3 Å². The average Bonchev–Trinajstić information content (AvgIpc) is 2.40. The van der Waals surface area contributed by atoms with E-state index in [4.69, 9.17) is 4.74 Å². The van der Waals surface area contributed by atoms with Crippen molar-refractivity contribution in [2.45, 2.75) is 20.5 Å². The summed E-state index contributed by atoms with van der Waals surface area (Å²) < 4.78 is 6.66. The van der Waals surface area contributed by atoms with E-state index in [1.165, 1.54) is 5.56 Å². The number of rotatable bonds is 5. The molecule has 2 rings (SSSR count). The van der Waals surface area contributed by atoms with Crippen molar-refractivity contribution in [2.24, 2.45) is 0 Å². The predicted octanol–water partition coefficient (Wildman–Crippen LogP) is 3.56. The van der Waals surface area contributed by atoms with Crippen LogP contribution in [0.4, 0.5) is 5.82 Å². The highest BCUT2D eigenvalue weighted by molar-refractivity contribution is 9.10. The highest BCUT2D eigenvalue weighted by Crippen LogP contribution is 2.26. The number of nitrogens with one attached hydrogen (secondary N) is 1. The SMILES string of the molecule is CCNc1cnc(COc2ccc(C)cc2Br)cn1. The lowest BCUT2D eigenvalue weighted by Crippen LogP contribution is -2.03. The van der Waals surface area contributed by atoms with Gasteiger partial charge in [0, 0.05) is 6.54 Å². The number of nitrogens with zero attached hydrogens (tertiary/aromatic N) is 2. The van der Waals surface area contributed by atoms with Crippen molar-refractivity contribution in [2.75, 3.05) is 11.9 Å². The molecule has 0 saturated carbocycles. The molecule has 1 N–H and O–H groups in total. The summed E-state index contributed by atoms with van der Waals surface area (Å²) in [6.07, 6.45) is 3.44. The van der Waals surface area contributed by atoms with Gasteiger partial charge in [0.2, 0.25) is 0 Å². The average molecular weight is 322 g/mol. The molecule has 0 fully saturated rings. The van der Waals surface area contributed by atoms with Gasteiger partial charge >= 0.3 is 0 Å². The molecule has 0 unspecified atom stereocenters. The first-order valence-corrected chi connectivity index (χ1v) is 6.92. The molecule has 0 amide bonds. The Kier molecular flexibility index (Phi) is 4.74. The van der Waals surface area contributed by atoms with Crippen LogP contribution in [0.15, 0.2) is 35.1 Å². The molecule has 0 saturated heterocycles. The Labute approximate surface area is 121 Å². The first-order chi connectivity index (χ1) is 9.19. The molecule has 1 aromatic heterocycles. The largest absolute Gasteiger partial charge is 0.486 e. The predicted molar refractivity (Wildman–Crippen MR) is 79.4 cm³/mol. The highest BCUT2D eigenvalue weighted by atomic mass is 79.9. The molecule has 0 aliphatic rings. The molecule has 2 aromatic rings. The van der Waals surface area contributed by atoms with Gasteiger partial charge < -0.3 is 10.1 Å². The third-order valence-corrected chi connectivity index (χ3v) is 3.15. The van der Waals surface area contributed by atoms with Crippen LogP contribution in [0.2, 0.25) is 0 Å². The molecule has 0 aliphatic heterocycles. The Morgan fingerprint density at radius 3 is 2.74 bits per heavy atom. The number of halogens is 1. The van der Waals surface area contributed by atoms with E-state index in [2.05, 4.69) is 31.2 Å². The minimum Gasteiger partial charge on any atom is -0.486 e. The van der Waals surface area contributed by atoms with Crippen LogP contribution in [0.25, 0.3) is 0 Å². The van der Waals surface area contributed by atoms with Gasteiger partial charge in [-0.3, -0.25) is 4.98 Å². The molecule has 5 heteroatoms. The van der Waals surface area contributed by atoms with Crippen molar-refractivity contribution >= 4 is 21.7 Å². The van der Waals surface area contributed by atoms with Gasteiger partial charge in [-0.15, -0.1) is 0 Å². The van der Waals surface area contributed by atoms with Crippen LogP contribution in [0.3, 0.4) is 0 Å². The lowest BCUT2D eigenvalue weighted by Gasteiger charge is -2.08. The summed E-state index contributed by atoms with van der Waals surface area (Å²) in [6.45, 7) is 5.30. The number of hydrogen-bond acceptors (Lipinski definition) is 4. The number of hydrogen-bond donors (Lipinski definition) is 1. The Hall–Kier alpha value is -1.62. The summed E-state index contributed by atoms with van der Waals surface area (Å²) in [5.74, 6) is 1.59. The zero-order valence-electron chi connectivity index (χ0n) is 11.0. The van der Waals surface area contributed by atoms with Crippen LogP contribution in [-0.2, 0) is 6.61 Å². The maximum absolute atomic E-state index is 5.71. The highest BCUT2D eigenvalue weighted by Gasteiger charge is 2.03. The van der Waals surface area contributed by atoms with Gasteiger partial charge in [0.25, 0.3) is 0 Å². The van der Waals surface area contributed by atoms with Gasteiger partial charge in [0.05, 0.1) is 22.6 Å². The van der Waals surface area contributed by atoms with E-state index < -0.39 is 0 Å². The second kappa shape index (κ2) is 6.52. The maximum Gasteiger partial charge on any atom is 0.144 e. The van der Waals surface area contributed by atoms with E-state index in [1.54, 1.807) is 12.4 Å². The summed E-state index contributed by atoms with van der Waals surface area (Å²) in [6, 6.07) is 5.98. The zero-order chi connectivity index (χ0) is 13.7. The summed E-state index contributed by atoms with van der Waals surface area (Å²) in [5, 5.41) is 3.10. The van der Waals surface area contributed by atoms with Crippen LogP contribution in [0.1, 0.15) is 18.2 Å². The second-order valence-corrected chi connectivity index (χ2v) is 5.00. The van der Waals surface area contributed by atoms with Crippen molar-refractivity contribution in [3.63, 3.8) is 0 Å². The first kappa shape index (κ1) is 13.8. The zero-order valence-corrected chi connectivity index (χ0v) is 12.6. The van der Waals surface area contributed by atoms with E-state index in [9.17, 15) is 0 Å². The summed E-state index contributed by atoms with van der Waals surface area (Å²) in [7, 11) is 0. The smallest absolute Gasteiger partial charge is 0.144 e. The Morgan fingerprint density at radius 2 is 2.11 bits per heavy atom. The first-order valence-electron chi connectivity index (χ1n) is 6.12. The van der Waals surface area contributed by atoms with Crippen molar-refractivity contribution in [3.8, 4) is 5.75 Å². The molecular formula is C14H16BrN3O. The minimum absolute atomic E-state index is 0.404. The number of ether oxygens (including phenoxy) is 1. The molecule has 0 spiro atoms. The van der Waals surface area contributed by atoms with Crippen molar-refractivity contribution in [1.29, 1.82) is 0 Å². The van der Waals surface area contributed by atoms with E-state index >= 15 is 0 Å². The van der Waals surface area contributed by atoms with E-state index in [0.717, 1.165) is 28.3 Å². The molecule has 0 atom stereocenters. The van der Waals surface area contributed by atoms with Gasteiger partial charge in [0.15, 0.2) is 0 Å². The fraction of sp³-hybridized carbons (Fsp3) is 0.286. The topological polar surface area (TPSA) is 47.0 Å². The fourth-order valence-electron chi connectivity index (χ4n) is 1.58. The Morgan fingerprint density at radius 1 is 1.26 bits per heavy atom.